The molecule has 0 aromatic heterocycles. The molecule has 0 radical (unpaired) electrons. The molecule has 1 aliphatic rings. The number of unbranched alkanes of at least 4 members (excludes halogenated alkanes) is 1. The Morgan fingerprint density at radius 1 is 1.47 bits per heavy atom. The fourth-order valence-corrected chi connectivity index (χ4v) is 7.42. The number of carbonyl (C=O) groups excluding carboxylic acids is 1. The van der Waals surface area contributed by atoms with E-state index in [0.29, 0.717) is 0 Å². The predicted octanol–water partition coefficient (Wildman–Crippen LogP) is 4.13. The van der Waals surface area contributed by atoms with Crippen LogP contribution in [0.4, 0.5) is 0 Å². The van der Waals surface area contributed by atoms with Crippen molar-refractivity contribution in [1.29, 1.82) is 0 Å². The van der Waals surface area contributed by atoms with Crippen molar-refractivity contribution in [2.75, 3.05) is 0 Å². The van der Waals surface area contributed by atoms with Gasteiger partial charge in [0.2, 0.25) is 0 Å². The van der Waals surface area contributed by atoms with Crippen LogP contribution >= 0.6 is 90.4 Å². The van der Waals surface area contributed by atoms with Crippen LogP contribution in [0.1, 0.15) is 26.2 Å². The Morgan fingerprint density at radius 2 is 2.06 bits per heavy atom. The number of halogens is 4. The smallest absolute Gasteiger partial charge is 0.0663 e. The van der Waals surface area contributed by atoms with Crippen molar-refractivity contribution < 1.29 is 9.90 Å². The topological polar surface area (TPSA) is 40.1 Å². The Morgan fingerprint density at radius 3 is 2.53 bits per heavy atom. The van der Waals surface area contributed by atoms with Crippen molar-refractivity contribution in [2.45, 2.75) is 29.6 Å². The average Bonchev–Trinajstić information content (AvgIpc) is 2.23. The summed E-state index contributed by atoms with van der Waals surface area (Å²) in [5, 5.41) is 11.4. The molecule has 0 aromatic carbocycles. The zero-order chi connectivity index (χ0) is 13.2. The fourth-order valence-electron chi connectivity index (χ4n) is 1.80. The van der Waals surface area contributed by atoms with Crippen molar-refractivity contribution in [3.8, 4) is 0 Å². The van der Waals surface area contributed by atoms with Gasteiger partial charge in [0.05, 0.1) is 9.39 Å². The lowest BCUT2D eigenvalue weighted by atomic mass is 9.84. The SMILES string of the molecule is CCCCC1(I)C(I)=C(I)C=C(I)C1C(=O)[O-]. The monoisotopic (exact) mass is 683 g/mol. The van der Waals surface area contributed by atoms with E-state index >= 15 is 0 Å². The standard InChI is InChI=1S/C11H12I4O2/c1-2-3-4-11(15)8(10(16)17)6(12)5-7(13)9(11)14/h5,8H,2-4H2,1H3,(H,16,17)/p-1. The van der Waals surface area contributed by atoms with Gasteiger partial charge in [-0.3, -0.25) is 0 Å². The van der Waals surface area contributed by atoms with E-state index in [1.165, 1.54) is 0 Å². The lowest BCUT2D eigenvalue weighted by Gasteiger charge is -2.40. The van der Waals surface area contributed by atoms with Crippen LogP contribution in [0, 0.1) is 5.92 Å². The third-order valence-corrected chi connectivity index (χ3v) is 9.80. The van der Waals surface area contributed by atoms with Gasteiger partial charge in [-0.1, -0.05) is 42.4 Å². The molecular formula is C11H11I4O2-. The third kappa shape index (κ3) is 3.70. The summed E-state index contributed by atoms with van der Waals surface area (Å²) < 4.78 is 2.82. The summed E-state index contributed by atoms with van der Waals surface area (Å²) in [6.07, 6.45) is 4.94. The number of hydrogen-bond donors (Lipinski definition) is 0. The number of carbonyl (C=O) groups is 1. The first-order chi connectivity index (χ1) is 7.84. The summed E-state index contributed by atoms with van der Waals surface area (Å²) in [7, 11) is 0. The predicted molar refractivity (Wildman–Crippen MR) is 102 cm³/mol. The number of rotatable bonds is 4. The molecule has 1 rings (SSSR count). The van der Waals surface area contributed by atoms with E-state index in [9.17, 15) is 9.90 Å². The molecule has 17 heavy (non-hydrogen) atoms. The highest BCUT2D eigenvalue weighted by Crippen LogP contribution is 2.53. The minimum Gasteiger partial charge on any atom is -0.549 e. The van der Waals surface area contributed by atoms with Gasteiger partial charge < -0.3 is 9.90 Å². The van der Waals surface area contributed by atoms with Gasteiger partial charge in [0, 0.05) is 16.7 Å². The highest BCUT2D eigenvalue weighted by atomic mass is 127. The molecule has 0 heterocycles. The molecule has 0 aromatic rings. The summed E-state index contributed by atoms with van der Waals surface area (Å²) >= 11 is 9.01. The van der Waals surface area contributed by atoms with Crippen molar-refractivity contribution in [3.63, 3.8) is 0 Å². The summed E-state index contributed by atoms with van der Waals surface area (Å²) in [5.41, 5.74) is 0. The minimum atomic E-state index is -0.964. The molecule has 96 valence electrons. The number of hydrogen-bond acceptors (Lipinski definition) is 2. The van der Waals surface area contributed by atoms with Crippen LogP contribution in [0.5, 0.6) is 0 Å². The molecule has 0 aliphatic heterocycles. The van der Waals surface area contributed by atoms with Crippen LogP contribution < -0.4 is 5.11 Å². The lowest BCUT2D eigenvalue weighted by molar-refractivity contribution is -0.310. The lowest BCUT2D eigenvalue weighted by Crippen LogP contribution is -2.46. The van der Waals surface area contributed by atoms with E-state index in [2.05, 4.69) is 97.3 Å². The second kappa shape index (κ2) is 7.04. The van der Waals surface area contributed by atoms with Gasteiger partial charge in [0.1, 0.15) is 0 Å². The van der Waals surface area contributed by atoms with Gasteiger partial charge in [-0.15, -0.1) is 0 Å². The molecule has 0 saturated carbocycles. The molecule has 0 amide bonds. The summed E-state index contributed by atoms with van der Waals surface area (Å²) in [6.45, 7) is 2.12. The molecule has 0 fully saturated rings. The number of aliphatic carboxylic acids is 1. The molecular weight excluding hydrogens is 672 g/mol. The largest absolute Gasteiger partial charge is 0.549 e. The summed E-state index contributed by atoms with van der Waals surface area (Å²) in [6, 6.07) is 0. The average molecular weight is 683 g/mol. The molecule has 0 spiro atoms. The van der Waals surface area contributed by atoms with E-state index in [0.717, 1.165) is 30.0 Å². The van der Waals surface area contributed by atoms with E-state index < -0.39 is 11.9 Å². The zero-order valence-corrected chi connectivity index (χ0v) is 17.7. The van der Waals surface area contributed by atoms with E-state index in [1.54, 1.807) is 0 Å². The maximum atomic E-state index is 11.4. The van der Waals surface area contributed by atoms with Gasteiger partial charge in [0.25, 0.3) is 0 Å². The van der Waals surface area contributed by atoms with E-state index in [1.807, 2.05) is 6.08 Å². The Balaban J connectivity index is 3.20. The van der Waals surface area contributed by atoms with Gasteiger partial charge in [-0.2, -0.15) is 0 Å². The van der Waals surface area contributed by atoms with Crippen LogP contribution in [0.15, 0.2) is 16.8 Å². The Bertz CT molecular complexity index is 389. The molecule has 2 atom stereocenters. The first-order valence-corrected chi connectivity index (χ1v) is 9.48. The van der Waals surface area contributed by atoms with E-state index in [4.69, 9.17) is 0 Å². The maximum Gasteiger partial charge on any atom is 0.0663 e. The molecule has 2 nitrogen and oxygen atoms in total. The van der Waals surface area contributed by atoms with Crippen molar-refractivity contribution in [2.24, 2.45) is 5.92 Å². The van der Waals surface area contributed by atoms with Crippen LogP contribution in [-0.4, -0.2) is 9.39 Å². The van der Waals surface area contributed by atoms with Gasteiger partial charge in [-0.25, -0.2) is 0 Å². The first-order valence-electron chi connectivity index (χ1n) is 5.17. The quantitative estimate of drug-likeness (QED) is 0.331. The fraction of sp³-hybridized carbons (Fsp3) is 0.545. The molecule has 0 saturated heterocycles. The second-order valence-corrected chi connectivity index (χ2v) is 9.32. The third-order valence-electron chi connectivity index (χ3n) is 2.70. The van der Waals surface area contributed by atoms with Gasteiger partial charge in [0.15, 0.2) is 0 Å². The van der Waals surface area contributed by atoms with Crippen molar-refractivity contribution >= 4 is 96.3 Å². The number of alkyl halides is 1. The molecule has 2 unspecified atom stereocenters. The second-order valence-electron chi connectivity index (χ2n) is 3.91. The normalized spacial score (nSPS) is 29.2. The van der Waals surface area contributed by atoms with Gasteiger partial charge >= 0.3 is 0 Å². The molecule has 0 N–H and O–H groups in total. The van der Waals surface area contributed by atoms with Gasteiger partial charge in [-0.05, 0) is 80.3 Å². The Labute approximate surface area is 156 Å². The molecule has 6 heteroatoms. The zero-order valence-electron chi connectivity index (χ0n) is 9.10. The first kappa shape index (κ1) is 16.9. The molecule has 0 bridgehead atoms. The van der Waals surface area contributed by atoms with Crippen LogP contribution in [-0.2, 0) is 4.79 Å². The Hall–Kier alpha value is 1.87. The van der Waals surface area contributed by atoms with E-state index in [-0.39, 0.29) is 3.42 Å². The maximum absolute atomic E-state index is 11.4. The summed E-state index contributed by atoms with van der Waals surface area (Å²) in [4.78, 5) is 11.4. The van der Waals surface area contributed by atoms with Crippen LogP contribution in [0.3, 0.4) is 0 Å². The number of carboxylic acids is 1. The van der Waals surface area contributed by atoms with Crippen LogP contribution in [0.25, 0.3) is 0 Å². The summed E-state index contributed by atoms with van der Waals surface area (Å²) in [5.74, 6) is -1.48. The highest BCUT2D eigenvalue weighted by Gasteiger charge is 2.43. The van der Waals surface area contributed by atoms with Crippen LogP contribution in [0.2, 0.25) is 0 Å². The highest BCUT2D eigenvalue weighted by molar-refractivity contribution is 14.1. The minimum absolute atomic E-state index is 0.338. The Kier molecular flexibility index (Phi) is 7.01. The van der Waals surface area contributed by atoms with Crippen molar-refractivity contribution in [1.82, 2.24) is 0 Å². The molecule has 1 aliphatic carbocycles. The number of allylic oxidation sites excluding steroid dienone is 3. The van der Waals surface area contributed by atoms with Crippen molar-refractivity contribution in [3.05, 3.63) is 16.8 Å². The number of carboxylic acid groups (broad SMARTS) is 1.